The van der Waals surface area contributed by atoms with Crippen LogP contribution >= 0.6 is 0 Å². The van der Waals surface area contributed by atoms with E-state index in [1.807, 2.05) is 0 Å². The summed E-state index contributed by atoms with van der Waals surface area (Å²) < 4.78 is 28.0. The highest BCUT2D eigenvalue weighted by Crippen LogP contribution is 2.40. The molecule has 25 heavy (non-hydrogen) atoms. The lowest BCUT2D eigenvalue weighted by molar-refractivity contribution is -0.136. The van der Waals surface area contributed by atoms with Gasteiger partial charge >= 0.3 is 6.03 Å². The van der Waals surface area contributed by atoms with E-state index < -0.39 is 46.7 Å². The van der Waals surface area contributed by atoms with Gasteiger partial charge in [-0.2, -0.15) is 0 Å². The molecule has 0 spiro atoms. The topological polar surface area (TPSA) is 60.9 Å². The first-order chi connectivity index (χ1) is 11.9. The van der Waals surface area contributed by atoms with E-state index in [2.05, 4.69) is 0 Å². The van der Waals surface area contributed by atoms with Crippen LogP contribution in [0.5, 0.6) is 0 Å². The molecule has 0 saturated carbocycles. The average Bonchev–Trinajstić information content (AvgIpc) is 3.17. The van der Waals surface area contributed by atoms with E-state index in [-0.39, 0.29) is 13.0 Å². The molecule has 0 N–H and O–H groups in total. The number of halogens is 2. The van der Waals surface area contributed by atoms with Crippen molar-refractivity contribution in [3.8, 4) is 0 Å². The monoisotopic (exact) mass is 349 g/mol. The normalized spacial score (nSPS) is 29.2. The maximum Gasteiger partial charge on any atom is 0.328 e. The fourth-order valence-electron chi connectivity index (χ4n) is 4.12. The Balaban J connectivity index is 1.65. The Bertz CT molecular complexity index is 779. The molecule has 0 bridgehead atoms. The van der Waals surface area contributed by atoms with Gasteiger partial charge in [-0.05, 0) is 38.3 Å². The lowest BCUT2D eigenvalue weighted by atomic mass is 9.99. The number of fused-ring (bicyclic) bond motifs is 1. The minimum Gasteiger partial charge on any atom is -0.310 e. The number of hydrogen-bond donors (Lipinski definition) is 0. The van der Waals surface area contributed by atoms with E-state index in [0.717, 1.165) is 28.4 Å². The van der Waals surface area contributed by atoms with Gasteiger partial charge in [0, 0.05) is 13.1 Å². The highest BCUT2D eigenvalue weighted by atomic mass is 19.1. The molecule has 1 aromatic carbocycles. The first kappa shape index (κ1) is 16.0. The SMILES string of the molecule is C[C@]12CCCN1C(=O)N([C@@H]1CCN(c3c(F)cccc3F)C1=O)C2=O. The third-order valence-electron chi connectivity index (χ3n) is 5.45. The quantitative estimate of drug-likeness (QED) is 0.766. The van der Waals surface area contributed by atoms with Crippen LogP contribution in [-0.2, 0) is 9.59 Å². The number of amides is 4. The zero-order valence-electron chi connectivity index (χ0n) is 13.7. The van der Waals surface area contributed by atoms with Gasteiger partial charge in [0.2, 0.25) is 0 Å². The Hall–Kier alpha value is -2.51. The Morgan fingerprint density at radius 2 is 1.80 bits per heavy atom. The van der Waals surface area contributed by atoms with Crippen molar-refractivity contribution in [1.29, 1.82) is 0 Å². The first-order valence-electron chi connectivity index (χ1n) is 8.27. The van der Waals surface area contributed by atoms with E-state index >= 15 is 0 Å². The standard InChI is InChI=1S/C17H17F2N3O3/c1-17-7-3-8-21(17)16(25)22(15(17)24)12-6-9-20(14(12)23)13-10(18)4-2-5-11(13)19/h2,4-5,12H,3,6-9H2,1H3/t12-,17-/m1/s1. The van der Waals surface area contributed by atoms with Crippen molar-refractivity contribution in [2.45, 2.75) is 37.8 Å². The number of carbonyl (C=O) groups is 3. The molecule has 3 heterocycles. The lowest BCUT2D eigenvalue weighted by Gasteiger charge is -2.23. The summed E-state index contributed by atoms with van der Waals surface area (Å²) in [6.45, 7) is 2.23. The number of benzene rings is 1. The summed E-state index contributed by atoms with van der Waals surface area (Å²) >= 11 is 0. The summed E-state index contributed by atoms with van der Waals surface area (Å²) in [6, 6.07) is 1.86. The van der Waals surface area contributed by atoms with Gasteiger partial charge in [-0.1, -0.05) is 6.07 Å². The van der Waals surface area contributed by atoms with E-state index in [4.69, 9.17) is 0 Å². The Morgan fingerprint density at radius 3 is 2.44 bits per heavy atom. The number of rotatable bonds is 2. The van der Waals surface area contributed by atoms with Gasteiger partial charge in [0.05, 0.1) is 0 Å². The third kappa shape index (κ3) is 2.03. The Kier molecular flexibility index (Phi) is 3.35. The van der Waals surface area contributed by atoms with Crippen molar-refractivity contribution in [2.24, 2.45) is 0 Å². The number of urea groups is 1. The average molecular weight is 349 g/mol. The largest absolute Gasteiger partial charge is 0.328 e. The number of nitrogens with zero attached hydrogens (tertiary/aromatic N) is 3. The zero-order valence-corrected chi connectivity index (χ0v) is 13.7. The second kappa shape index (κ2) is 5.24. The Morgan fingerprint density at radius 1 is 1.12 bits per heavy atom. The molecule has 0 aliphatic carbocycles. The van der Waals surface area contributed by atoms with Gasteiger partial charge in [0.25, 0.3) is 11.8 Å². The number of anilines is 1. The summed E-state index contributed by atoms with van der Waals surface area (Å²) in [5.41, 5.74) is -1.34. The van der Waals surface area contributed by atoms with Crippen molar-refractivity contribution in [3.05, 3.63) is 29.8 Å². The second-order valence-corrected chi connectivity index (χ2v) is 6.85. The zero-order chi connectivity index (χ0) is 17.9. The molecule has 3 aliphatic rings. The lowest BCUT2D eigenvalue weighted by Crippen LogP contribution is -2.47. The highest BCUT2D eigenvalue weighted by molar-refractivity contribution is 6.12. The third-order valence-corrected chi connectivity index (χ3v) is 5.45. The van der Waals surface area contributed by atoms with Crippen molar-refractivity contribution in [1.82, 2.24) is 9.80 Å². The van der Waals surface area contributed by atoms with Gasteiger partial charge in [-0.25, -0.2) is 18.5 Å². The molecular formula is C17H17F2N3O3. The van der Waals surface area contributed by atoms with Crippen LogP contribution in [0.3, 0.4) is 0 Å². The van der Waals surface area contributed by atoms with E-state index in [1.54, 1.807) is 6.92 Å². The molecule has 4 amide bonds. The fraction of sp³-hybridized carbons (Fsp3) is 0.471. The summed E-state index contributed by atoms with van der Waals surface area (Å²) in [7, 11) is 0. The number of para-hydroxylation sites is 1. The molecule has 8 heteroatoms. The minimum atomic E-state index is -1.01. The molecule has 6 nitrogen and oxygen atoms in total. The molecule has 3 fully saturated rings. The van der Waals surface area contributed by atoms with E-state index in [0.29, 0.717) is 13.0 Å². The molecule has 4 rings (SSSR count). The summed E-state index contributed by atoms with van der Waals surface area (Å²) in [5, 5.41) is 0. The molecule has 3 aliphatic heterocycles. The number of imide groups is 1. The molecule has 2 atom stereocenters. The molecule has 0 aromatic heterocycles. The fourth-order valence-corrected chi connectivity index (χ4v) is 4.12. The van der Waals surface area contributed by atoms with E-state index in [1.165, 1.54) is 11.0 Å². The Labute approximate surface area is 143 Å². The molecule has 1 aromatic rings. The van der Waals surface area contributed by atoms with Crippen molar-refractivity contribution in [2.75, 3.05) is 18.0 Å². The molecule has 132 valence electrons. The predicted octanol–water partition coefficient (Wildman–Crippen LogP) is 1.89. The van der Waals surface area contributed by atoms with Gasteiger partial charge < -0.3 is 9.80 Å². The van der Waals surface area contributed by atoms with Crippen LogP contribution < -0.4 is 4.90 Å². The number of carbonyl (C=O) groups excluding carboxylic acids is 3. The summed E-state index contributed by atoms with van der Waals surface area (Å²) in [5.74, 6) is -2.72. The van der Waals surface area contributed by atoms with Crippen LogP contribution in [-0.4, -0.2) is 52.3 Å². The predicted molar refractivity (Wildman–Crippen MR) is 83.7 cm³/mol. The number of hydrogen-bond acceptors (Lipinski definition) is 3. The maximum absolute atomic E-state index is 14.0. The molecule has 0 unspecified atom stereocenters. The van der Waals surface area contributed by atoms with E-state index in [9.17, 15) is 23.2 Å². The van der Waals surface area contributed by atoms with Crippen molar-refractivity contribution in [3.63, 3.8) is 0 Å². The highest BCUT2D eigenvalue weighted by Gasteiger charge is 2.60. The van der Waals surface area contributed by atoms with Crippen LogP contribution in [0.2, 0.25) is 0 Å². The smallest absolute Gasteiger partial charge is 0.310 e. The van der Waals surface area contributed by atoms with Crippen LogP contribution in [0.4, 0.5) is 19.3 Å². The second-order valence-electron chi connectivity index (χ2n) is 6.85. The maximum atomic E-state index is 14.0. The minimum absolute atomic E-state index is 0.0507. The van der Waals surface area contributed by atoms with Crippen molar-refractivity contribution < 1.29 is 23.2 Å². The van der Waals surface area contributed by atoms with Gasteiger partial charge in [0.15, 0.2) is 0 Å². The molecule has 0 radical (unpaired) electrons. The van der Waals surface area contributed by atoms with Crippen LogP contribution in [0.1, 0.15) is 26.2 Å². The molecule has 3 saturated heterocycles. The van der Waals surface area contributed by atoms with Crippen LogP contribution in [0.15, 0.2) is 18.2 Å². The van der Waals surface area contributed by atoms with Gasteiger partial charge in [0.1, 0.15) is 28.9 Å². The first-order valence-corrected chi connectivity index (χ1v) is 8.27. The van der Waals surface area contributed by atoms with Gasteiger partial charge in [-0.15, -0.1) is 0 Å². The van der Waals surface area contributed by atoms with Crippen LogP contribution in [0, 0.1) is 11.6 Å². The molecular weight excluding hydrogens is 332 g/mol. The van der Waals surface area contributed by atoms with Crippen LogP contribution in [0.25, 0.3) is 0 Å². The van der Waals surface area contributed by atoms with Crippen molar-refractivity contribution >= 4 is 23.5 Å². The van der Waals surface area contributed by atoms with Gasteiger partial charge in [-0.3, -0.25) is 9.59 Å². The summed E-state index contributed by atoms with van der Waals surface area (Å²) in [6.07, 6.45) is 1.46. The summed E-state index contributed by atoms with van der Waals surface area (Å²) in [4.78, 5) is 41.6.